The van der Waals surface area contributed by atoms with Crippen LogP contribution in [0.15, 0.2) is 34.7 Å². The summed E-state index contributed by atoms with van der Waals surface area (Å²) in [6.07, 6.45) is 1.22. The van der Waals surface area contributed by atoms with E-state index in [-0.39, 0.29) is 15.1 Å². The summed E-state index contributed by atoms with van der Waals surface area (Å²) < 4.78 is 26.5. The molecule has 4 nitrogen and oxygen atoms in total. The molecule has 0 aliphatic rings. The molecule has 2 aromatic rings. The van der Waals surface area contributed by atoms with Crippen molar-refractivity contribution in [2.24, 2.45) is 0 Å². The highest BCUT2D eigenvalue weighted by Gasteiger charge is 2.24. The Bertz CT molecular complexity index is 687. The van der Waals surface area contributed by atoms with E-state index in [1.54, 1.807) is 6.92 Å². The molecule has 20 heavy (non-hydrogen) atoms. The Morgan fingerprint density at radius 2 is 2.15 bits per heavy atom. The van der Waals surface area contributed by atoms with Crippen LogP contribution >= 0.6 is 34.5 Å². The third kappa shape index (κ3) is 3.32. The standard InChI is InChI=1S/C12H12Cl2N2O2S2/c1-2-16(8-9-4-3-5-19-9)20(17,18)10-6-11(13)12(14)15-7-10/h3-7H,2,8H2,1H3. The van der Waals surface area contributed by atoms with Gasteiger partial charge in [-0.15, -0.1) is 11.3 Å². The predicted molar refractivity (Wildman–Crippen MR) is 81.8 cm³/mol. The molecule has 0 radical (unpaired) electrons. The van der Waals surface area contributed by atoms with E-state index in [1.807, 2.05) is 17.5 Å². The van der Waals surface area contributed by atoms with E-state index >= 15 is 0 Å². The van der Waals surface area contributed by atoms with Gasteiger partial charge >= 0.3 is 0 Å². The van der Waals surface area contributed by atoms with Crippen LogP contribution in [0.4, 0.5) is 0 Å². The van der Waals surface area contributed by atoms with Crippen LogP contribution in [0.25, 0.3) is 0 Å². The number of hydrogen-bond acceptors (Lipinski definition) is 4. The Hall–Kier alpha value is -0.660. The number of thiophene rings is 1. The molecule has 2 heterocycles. The first-order chi connectivity index (χ1) is 9.45. The summed E-state index contributed by atoms with van der Waals surface area (Å²) in [5, 5.41) is 2.13. The number of aromatic nitrogens is 1. The molecular weight excluding hydrogens is 339 g/mol. The quantitative estimate of drug-likeness (QED) is 0.773. The van der Waals surface area contributed by atoms with Gasteiger partial charge in [-0.1, -0.05) is 36.2 Å². The molecule has 2 rings (SSSR count). The summed E-state index contributed by atoms with van der Waals surface area (Å²) in [7, 11) is -3.63. The largest absolute Gasteiger partial charge is 0.244 e. The monoisotopic (exact) mass is 350 g/mol. The molecule has 0 fully saturated rings. The van der Waals surface area contributed by atoms with Gasteiger partial charge in [-0.3, -0.25) is 0 Å². The van der Waals surface area contributed by atoms with E-state index < -0.39 is 10.0 Å². The van der Waals surface area contributed by atoms with Crippen LogP contribution in [-0.2, 0) is 16.6 Å². The van der Waals surface area contributed by atoms with Crippen molar-refractivity contribution in [3.63, 3.8) is 0 Å². The average molecular weight is 351 g/mol. The molecule has 2 aromatic heterocycles. The van der Waals surface area contributed by atoms with E-state index in [9.17, 15) is 8.42 Å². The molecule has 0 aromatic carbocycles. The van der Waals surface area contributed by atoms with Gasteiger partial charge in [0.05, 0.1) is 5.02 Å². The number of rotatable bonds is 5. The molecule has 0 saturated carbocycles. The Kier molecular flexibility index (Phi) is 5.04. The maximum absolute atomic E-state index is 12.5. The fourth-order valence-corrected chi connectivity index (χ4v) is 4.17. The van der Waals surface area contributed by atoms with E-state index in [2.05, 4.69) is 4.98 Å². The lowest BCUT2D eigenvalue weighted by Crippen LogP contribution is -2.30. The van der Waals surface area contributed by atoms with Crippen molar-refractivity contribution in [3.05, 3.63) is 44.8 Å². The highest BCUT2D eigenvalue weighted by molar-refractivity contribution is 7.89. The van der Waals surface area contributed by atoms with Crippen LogP contribution in [0.2, 0.25) is 10.2 Å². The highest BCUT2D eigenvalue weighted by atomic mass is 35.5. The van der Waals surface area contributed by atoms with E-state index in [0.29, 0.717) is 13.1 Å². The van der Waals surface area contributed by atoms with Gasteiger partial charge in [0.15, 0.2) is 0 Å². The van der Waals surface area contributed by atoms with Crippen molar-refractivity contribution in [2.45, 2.75) is 18.4 Å². The Labute approximate surface area is 132 Å². The molecular formula is C12H12Cl2N2O2S2. The third-order valence-electron chi connectivity index (χ3n) is 2.67. The van der Waals surface area contributed by atoms with Crippen molar-refractivity contribution in [2.75, 3.05) is 6.54 Å². The molecule has 0 N–H and O–H groups in total. The van der Waals surface area contributed by atoms with E-state index in [4.69, 9.17) is 23.2 Å². The minimum Gasteiger partial charge on any atom is -0.242 e. The van der Waals surface area contributed by atoms with Gasteiger partial charge in [-0.25, -0.2) is 13.4 Å². The summed E-state index contributed by atoms with van der Waals surface area (Å²) >= 11 is 13.1. The van der Waals surface area contributed by atoms with Crippen molar-refractivity contribution >= 4 is 44.6 Å². The molecule has 0 bridgehead atoms. The fourth-order valence-electron chi connectivity index (χ4n) is 1.64. The zero-order chi connectivity index (χ0) is 14.8. The zero-order valence-electron chi connectivity index (χ0n) is 10.6. The van der Waals surface area contributed by atoms with Crippen molar-refractivity contribution in [1.82, 2.24) is 9.29 Å². The van der Waals surface area contributed by atoms with Crippen molar-refractivity contribution in [3.8, 4) is 0 Å². The average Bonchev–Trinajstić information content (AvgIpc) is 2.91. The molecule has 0 unspecified atom stereocenters. The number of nitrogens with zero attached hydrogens (tertiary/aromatic N) is 2. The maximum Gasteiger partial charge on any atom is 0.244 e. The van der Waals surface area contributed by atoms with Gasteiger partial charge < -0.3 is 0 Å². The number of sulfonamides is 1. The molecule has 0 aliphatic carbocycles. The Morgan fingerprint density at radius 3 is 2.70 bits per heavy atom. The van der Waals surface area contributed by atoms with Crippen LogP contribution in [0.5, 0.6) is 0 Å². The second-order valence-corrected chi connectivity index (χ2v) is 7.69. The SMILES string of the molecule is CCN(Cc1cccs1)S(=O)(=O)c1cnc(Cl)c(Cl)c1. The predicted octanol–water partition coefficient (Wildman–Crippen LogP) is 3.66. The molecule has 0 spiro atoms. The molecule has 0 aliphatic heterocycles. The van der Waals surface area contributed by atoms with Gasteiger partial charge in [0.1, 0.15) is 10.0 Å². The first-order valence-electron chi connectivity index (χ1n) is 5.78. The zero-order valence-corrected chi connectivity index (χ0v) is 13.7. The van der Waals surface area contributed by atoms with Gasteiger partial charge in [0.2, 0.25) is 10.0 Å². The molecule has 0 amide bonds. The summed E-state index contributed by atoms with van der Waals surface area (Å²) in [4.78, 5) is 4.81. The van der Waals surface area contributed by atoms with Crippen LogP contribution in [-0.4, -0.2) is 24.3 Å². The second-order valence-electron chi connectivity index (χ2n) is 3.95. The Balaban J connectivity index is 2.33. The maximum atomic E-state index is 12.5. The molecule has 0 saturated heterocycles. The van der Waals surface area contributed by atoms with Crippen LogP contribution in [0.1, 0.15) is 11.8 Å². The van der Waals surface area contributed by atoms with Crippen molar-refractivity contribution < 1.29 is 8.42 Å². The highest BCUT2D eigenvalue weighted by Crippen LogP contribution is 2.25. The molecule has 108 valence electrons. The first-order valence-corrected chi connectivity index (χ1v) is 8.86. The first kappa shape index (κ1) is 15.7. The van der Waals surface area contributed by atoms with E-state index in [0.717, 1.165) is 4.88 Å². The lowest BCUT2D eigenvalue weighted by Gasteiger charge is -2.19. The Morgan fingerprint density at radius 1 is 1.40 bits per heavy atom. The minimum atomic E-state index is -3.63. The smallest absolute Gasteiger partial charge is 0.242 e. The summed E-state index contributed by atoms with van der Waals surface area (Å²) in [5.74, 6) is 0. The van der Waals surface area contributed by atoms with E-state index in [1.165, 1.54) is 27.9 Å². The molecule has 0 atom stereocenters. The summed E-state index contributed by atoms with van der Waals surface area (Å²) in [6, 6.07) is 5.11. The third-order valence-corrected chi connectivity index (χ3v) is 6.11. The fraction of sp³-hybridized carbons (Fsp3) is 0.250. The van der Waals surface area contributed by atoms with Crippen LogP contribution in [0, 0.1) is 0 Å². The van der Waals surface area contributed by atoms with Gasteiger partial charge in [0, 0.05) is 24.2 Å². The number of pyridine rings is 1. The van der Waals surface area contributed by atoms with Gasteiger partial charge in [-0.05, 0) is 17.5 Å². The van der Waals surface area contributed by atoms with Crippen LogP contribution < -0.4 is 0 Å². The summed E-state index contributed by atoms with van der Waals surface area (Å²) in [5.41, 5.74) is 0. The second kappa shape index (κ2) is 6.41. The number of hydrogen-bond donors (Lipinski definition) is 0. The summed E-state index contributed by atoms with van der Waals surface area (Å²) in [6.45, 7) is 2.48. The lowest BCUT2D eigenvalue weighted by molar-refractivity contribution is 0.426. The minimum absolute atomic E-state index is 0.0466. The lowest BCUT2D eigenvalue weighted by atomic mass is 10.4. The van der Waals surface area contributed by atoms with Gasteiger partial charge in [0.25, 0.3) is 0 Å². The van der Waals surface area contributed by atoms with Gasteiger partial charge in [-0.2, -0.15) is 4.31 Å². The molecule has 8 heteroatoms. The van der Waals surface area contributed by atoms with Crippen LogP contribution in [0.3, 0.4) is 0 Å². The van der Waals surface area contributed by atoms with Crippen molar-refractivity contribution in [1.29, 1.82) is 0 Å². The normalized spacial score (nSPS) is 12.0. The topological polar surface area (TPSA) is 50.3 Å². The number of halogens is 2.